The molecule has 3 aromatic carbocycles. The molecule has 0 aromatic heterocycles. The fourth-order valence-corrected chi connectivity index (χ4v) is 3.00. The maximum absolute atomic E-state index is 11.9. The Hall–Kier alpha value is -3.14. The first-order valence-electron chi connectivity index (χ1n) is 8.54. The van der Waals surface area contributed by atoms with Gasteiger partial charge in [0.15, 0.2) is 6.61 Å². The molecule has 0 radical (unpaired) electrons. The van der Waals surface area contributed by atoms with E-state index in [1.54, 1.807) is 6.21 Å². The molecule has 0 aliphatic heterocycles. The number of nitrogens with one attached hydrogen (secondary N) is 1. The monoisotopic (exact) mass is 346 g/mol. The average Bonchev–Trinajstić information content (AvgIpc) is 2.62. The van der Waals surface area contributed by atoms with E-state index in [1.807, 2.05) is 56.3 Å². The van der Waals surface area contributed by atoms with Gasteiger partial charge in [0, 0.05) is 5.56 Å². The summed E-state index contributed by atoms with van der Waals surface area (Å²) in [4.78, 5) is 11.9. The number of benzene rings is 3. The molecule has 0 unspecified atom stereocenters. The third-order valence-electron chi connectivity index (χ3n) is 4.21. The third kappa shape index (κ3) is 4.28. The smallest absolute Gasteiger partial charge is 0.277 e. The highest BCUT2D eigenvalue weighted by Gasteiger charge is 2.04. The minimum absolute atomic E-state index is 0.0818. The van der Waals surface area contributed by atoms with Gasteiger partial charge in [-0.2, -0.15) is 5.10 Å². The van der Waals surface area contributed by atoms with Crippen LogP contribution in [-0.4, -0.2) is 18.7 Å². The highest BCUT2D eigenvalue weighted by atomic mass is 16.5. The van der Waals surface area contributed by atoms with Gasteiger partial charge in [-0.25, -0.2) is 5.43 Å². The summed E-state index contributed by atoms with van der Waals surface area (Å²) in [6.07, 6.45) is 1.68. The average molecular weight is 346 g/mol. The Kier molecular flexibility index (Phi) is 5.32. The topological polar surface area (TPSA) is 50.7 Å². The van der Waals surface area contributed by atoms with Crippen LogP contribution in [-0.2, 0) is 4.79 Å². The molecule has 0 heterocycles. The lowest BCUT2D eigenvalue weighted by Crippen LogP contribution is -2.24. The zero-order chi connectivity index (χ0) is 18.5. The molecule has 0 atom stereocenters. The summed E-state index contributed by atoms with van der Waals surface area (Å²) in [5.41, 5.74) is 7.01. The van der Waals surface area contributed by atoms with Gasteiger partial charge in [0.05, 0.1) is 6.21 Å². The molecular formula is C22H22N2O2. The van der Waals surface area contributed by atoms with Crippen LogP contribution in [0, 0.1) is 20.8 Å². The first-order chi connectivity index (χ1) is 12.5. The van der Waals surface area contributed by atoms with Crippen LogP contribution < -0.4 is 10.2 Å². The summed E-state index contributed by atoms with van der Waals surface area (Å²) in [5, 5.41) is 6.26. The number of hydrogen-bond donors (Lipinski definition) is 1. The number of amides is 1. The van der Waals surface area contributed by atoms with Crippen LogP contribution in [0.4, 0.5) is 0 Å². The van der Waals surface area contributed by atoms with Crippen LogP contribution in [0.1, 0.15) is 22.3 Å². The van der Waals surface area contributed by atoms with Gasteiger partial charge in [0.25, 0.3) is 5.91 Å². The lowest BCUT2D eigenvalue weighted by Gasteiger charge is -2.07. The lowest BCUT2D eigenvalue weighted by atomic mass is 10.0. The maximum Gasteiger partial charge on any atom is 0.277 e. The van der Waals surface area contributed by atoms with Crippen molar-refractivity contribution >= 4 is 22.9 Å². The van der Waals surface area contributed by atoms with Gasteiger partial charge < -0.3 is 4.74 Å². The van der Waals surface area contributed by atoms with Crippen molar-refractivity contribution in [3.63, 3.8) is 0 Å². The Bertz CT molecular complexity index is 954. The molecule has 0 aliphatic rings. The number of fused-ring (bicyclic) bond motifs is 1. The van der Waals surface area contributed by atoms with Gasteiger partial charge in [-0.1, -0.05) is 48.0 Å². The number of ether oxygens (including phenoxy) is 1. The minimum atomic E-state index is -0.295. The van der Waals surface area contributed by atoms with Gasteiger partial charge in [0.2, 0.25) is 0 Å². The van der Waals surface area contributed by atoms with E-state index in [9.17, 15) is 4.79 Å². The van der Waals surface area contributed by atoms with E-state index < -0.39 is 0 Å². The van der Waals surface area contributed by atoms with Gasteiger partial charge in [-0.15, -0.1) is 0 Å². The van der Waals surface area contributed by atoms with E-state index in [1.165, 1.54) is 5.56 Å². The molecule has 3 aromatic rings. The number of hydrogen-bond acceptors (Lipinski definition) is 3. The molecule has 0 fully saturated rings. The molecule has 0 saturated heterocycles. The predicted molar refractivity (Wildman–Crippen MR) is 106 cm³/mol. The Balaban J connectivity index is 1.57. The van der Waals surface area contributed by atoms with Crippen molar-refractivity contribution < 1.29 is 9.53 Å². The fraction of sp³-hybridized carbons (Fsp3) is 0.182. The standard InChI is InChI=1S/C22H22N2O2/c1-15-10-16(2)21(17(3)11-15)13-23-24-22(25)14-26-20-9-8-18-6-4-5-7-19(18)12-20/h4-13H,14H2,1-3H3,(H,24,25). The normalized spacial score (nSPS) is 11.0. The number of carbonyl (C=O) groups excluding carboxylic acids is 1. The van der Waals surface area contributed by atoms with Crippen molar-refractivity contribution in [2.24, 2.45) is 5.10 Å². The fourth-order valence-electron chi connectivity index (χ4n) is 3.00. The van der Waals surface area contributed by atoms with Crippen LogP contribution in [0.2, 0.25) is 0 Å². The Morgan fingerprint density at radius 3 is 2.42 bits per heavy atom. The van der Waals surface area contributed by atoms with E-state index in [2.05, 4.69) is 29.6 Å². The van der Waals surface area contributed by atoms with Crippen molar-refractivity contribution in [1.29, 1.82) is 0 Å². The quantitative estimate of drug-likeness (QED) is 0.553. The second-order valence-electron chi connectivity index (χ2n) is 6.40. The van der Waals surface area contributed by atoms with E-state index in [0.717, 1.165) is 27.5 Å². The lowest BCUT2D eigenvalue weighted by molar-refractivity contribution is -0.123. The van der Waals surface area contributed by atoms with Crippen molar-refractivity contribution in [3.05, 3.63) is 76.9 Å². The van der Waals surface area contributed by atoms with Gasteiger partial charge in [-0.05, 0) is 54.8 Å². The highest BCUT2D eigenvalue weighted by molar-refractivity contribution is 5.86. The molecule has 4 heteroatoms. The van der Waals surface area contributed by atoms with Crippen molar-refractivity contribution in [1.82, 2.24) is 5.43 Å². The summed E-state index contributed by atoms with van der Waals surface area (Å²) in [6, 6.07) is 18.0. The molecule has 132 valence electrons. The van der Waals surface area contributed by atoms with Crippen LogP contribution in [0.3, 0.4) is 0 Å². The van der Waals surface area contributed by atoms with Crippen LogP contribution in [0.5, 0.6) is 5.75 Å². The number of carbonyl (C=O) groups is 1. The summed E-state index contributed by atoms with van der Waals surface area (Å²) in [6.45, 7) is 6.05. The van der Waals surface area contributed by atoms with E-state index in [4.69, 9.17) is 4.74 Å². The first-order valence-corrected chi connectivity index (χ1v) is 8.54. The maximum atomic E-state index is 11.9. The zero-order valence-electron chi connectivity index (χ0n) is 15.2. The van der Waals surface area contributed by atoms with Gasteiger partial charge >= 0.3 is 0 Å². The predicted octanol–water partition coefficient (Wildman–Crippen LogP) is 4.29. The Morgan fingerprint density at radius 2 is 1.69 bits per heavy atom. The first kappa shape index (κ1) is 17.7. The third-order valence-corrected chi connectivity index (χ3v) is 4.21. The zero-order valence-corrected chi connectivity index (χ0v) is 15.2. The highest BCUT2D eigenvalue weighted by Crippen LogP contribution is 2.20. The van der Waals surface area contributed by atoms with E-state index in [0.29, 0.717) is 5.75 Å². The van der Waals surface area contributed by atoms with Crippen molar-refractivity contribution in [2.75, 3.05) is 6.61 Å². The van der Waals surface area contributed by atoms with Crippen molar-refractivity contribution in [2.45, 2.75) is 20.8 Å². The molecule has 4 nitrogen and oxygen atoms in total. The second-order valence-corrected chi connectivity index (χ2v) is 6.40. The number of aryl methyl sites for hydroxylation is 3. The molecule has 0 bridgehead atoms. The summed E-state index contributed by atoms with van der Waals surface area (Å²) >= 11 is 0. The van der Waals surface area contributed by atoms with Gasteiger partial charge in [0.1, 0.15) is 5.75 Å². The molecule has 1 N–H and O–H groups in total. The molecular weight excluding hydrogens is 324 g/mol. The summed E-state index contributed by atoms with van der Waals surface area (Å²) < 4.78 is 5.56. The summed E-state index contributed by atoms with van der Waals surface area (Å²) in [5.74, 6) is 0.366. The van der Waals surface area contributed by atoms with Crippen molar-refractivity contribution in [3.8, 4) is 5.75 Å². The molecule has 0 aliphatic carbocycles. The number of hydrazone groups is 1. The van der Waals surface area contributed by atoms with E-state index >= 15 is 0 Å². The minimum Gasteiger partial charge on any atom is -0.484 e. The van der Waals surface area contributed by atoms with Gasteiger partial charge in [-0.3, -0.25) is 4.79 Å². The second kappa shape index (κ2) is 7.83. The molecule has 3 rings (SSSR count). The van der Waals surface area contributed by atoms with Crippen LogP contribution in [0.25, 0.3) is 10.8 Å². The molecule has 1 amide bonds. The number of nitrogens with zero attached hydrogens (tertiary/aromatic N) is 1. The van der Waals surface area contributed by atoms with Crippen LogP contribution >= 0.6 is 0 Å². The molecule has 26 heavy (non-hydrogen) atoms. The number of rotatable bonds is 5. The Labute approximate surface area is 153 Å². The SMILES string of the molecule is Cc1cc(C)c(C=NNC(=O)COc2ccc3ccccc3c2)c(C)c1. The molecule has 0 spiro atoms. The van der Waals surface area contributed by atoms with Crippen LogP contribution in [0.15, 0.2) is 59.7 Å². The molecule has 0 saturated carbocycles. The largest absolute Gasteiger partial charge is 0.484 e. The Morgan fingerprint density at radius 1 is 1.00 bits per heavy atom. The van der Waals surface area contributed by atoms with E-state index in [-0.39, 0.29) is 12.5 Å². The summed E-state index contributed by atoms with van der Waals surface area (Å²) in [7, 11) is 0.